The highest BCUT2D eigenvalue weighted by Gasteiger charge is 2.39. The van der Waals surface area contributed by atoms with Gasteiger partial charge < -0.3 is 20.7 Å². The molecule has 1 fully saturated rings. The van der Waals surface area contributed by atoms with E-state index in [9.17, 15) is 4.79 Å². The number of rotatable bonds is 11. The number of guanidine groups is 1. The molecule has 0 saturated heterocycles. The molecule has 0 unspecified atom stereocenters. The molecule has 36 heavy (non-hydrogen) atoms. The lowest BCUT2D eigenvalue weighted by molar-refractivity contribution is 0.0926. The van der Waals surface area contributed by atoms with Crippen LogP contribution in [-0.2, 0) is 5.41 Å². The minimum atomic E-state index is -0.176. The fraction of sp³-hybridized carbons (Fsp3) is 0.483. The number of nitriles is 1. The van der Waals surface area contributed by atoms with Crippen LogP contribution in [0.25, 0.3) is 0 Å². The van der Waals surface area contributed by atoms with Crippen LogP contribution in [0.5, 0.6) is 5.75 Å². The van der Waals surface area contributed by atoms with E-state index in [1.54, 1.807) is 19.2 Å². The Morgan fingerprint density at radius 1 is 1.14 bits per heavy atom. The monoisotopic (exact) mass is 489 g/mol. The number of nitrogens with two attached hydrogens (primary N) is 1. The summed E-state index contributed by atoms with van der Waals surface area (Å²) >= 11 is 0. The number of ether oxygens (including phenoxy) is 1. The Bertz CT molecular complexity index is 1040. The van der Waals surface area contributed by atoms with Crippen molar-refractivity contribution < 1.29 is 9.53 Å². The molecule has 0 heterocycles. The smallest absolute Gasteiger partial charge is 0.255 e. The van der Waals surface area contributed by atoms with E-state index in [0.29, 0.717) is 23.8 Å². The maximum Gasteiger partial charge on any atom is 0.255 e. The van der Waals surface area contributed by atoms with E-state index in [1.807, 2.05) is 24.4 Å². The molecule has 7 heteroatoms. The van der Waals surface area contributed by atoms with Gasteiger partial charge in [-0.2, -0.15) is 5.26 Å². The number of benzene rings is 2. The molecular weight excluding hydrogens is 450 g/mol. The number of nitrogens with one attached hydrogen (secondary N) is 1. The first-order chi connectivity index (χ1) is 17.5. The van der Waals surface area contributed by atoms with Gasteiger partial charge in [-0.05, 0) is 49.8 Å². The number of unbranched alkanes of at least 4 members (excludes halogenated alkanes) is 3. The quantitative estimate of drug-likeness (QED) is 0.200. The Morgan fingerprint density at radius 2 is 1.83 bits per heavy atom. The van der Waals surface area contributed by atoms with Gasteiger partial charge in [-0.25, -0.2) is 0 Å². The zero-order chi connectivity index (χ0) is 25.8. The van der Waals surface area contributed by atoms with Crippen molar-refractivity contribution in [2.45, 2.75) is 69.7 Å². The standard InChI is InChI=1S/C29H39N5O2/c1-3-4-5-11-20-34(28(31)33-22-30)24-16-18-29(19-17-24,23-12-7-6-8-13-23)21-32-27(35)25-14-9-10-15-26(25)36-2/h6-10,12-15,24H,3-5,11,16-21H2,1-2H3,(H2,31,33)(H,32,35)/t24-,29+. The highest BCUT2D eigenvalue weighted by Crippen LogP contribution is 2.40. The minimum absolute atomic E-state index is 0.132. The van der Waals surface area contributed by atoms with E-state index in [-0.39, 0.29) is 17.4 Å². The van der Waals surface area contributed by atoms with Crippen LogP contribution in [0.3, 0.4) is 0 Å². The first-order valence-electron chi connectivity index (χ1n) is 13.0. The number of carbonyl (C=O) groups is 1. The van der Waals surface area contributed by atoms with Gasteiger partial charge in [-0.3, -0.25) is 4.79 Å². The van der Waals surface area contributed by atoms with Gasteiger partial charge in [0.15, 0.2) is 0 Å². The van der Waals surface area contributed by atoms with E-state index in [1.165, 1.54) is 18.4 Å². The van der Waals surface area contributed by atoms with Crippen LogP contribution in [-0.4, -0.2) is 43.0 Å². The molecular formula is C29H39N5O2. The molecule has 0 spiro atoms. The van der Waals surface area contributed by atoms with Gasteiger partial charge in [0.1, 0.15) is 5.75 Å². The lowest BCUT2D eigenvalue weighted by atomic mass is 9.67. The molecule has 1 saturated carbocycles. The lowest BCUT2D eigenvalue weighted by Crippen LogP contribution is -2.51. The highest BCUT2D eigenvalue weighted by molar-refractivity contribution is 5.97. The SMILES string of the molecule is CCCCCCN(C(N)=NC#N)[C@H]1CC[C@@](CNC(=O)c2ccccc2OC)(c2ccccc2)CC1. The van der Waals surface area contributed by atoms with Crippen LogP contribution in [0.15, 0.2) is 59.6 Å². The van der Waals surface area contributed by atoms with Crippen molar-refractivity contribution in [2.24, 2.45) is 10.7 Å². The molecule has 1 aliphatic rings. The number of carbonyl (C=O) groups excluding carboxylic acids is 1. The summed E-state index contributed by atoms with van der Waals surface area (Å²) in [5.74, 6) is 0.752. The molecule has 1 aliphatic carbocycles. The van der Waals surface area contributed by atoms with Gasteiger partial charge >= 0.3 is 0 Å². The van der Waals surface area contributed by atoms with Gasteiger partial charge in [-0.15, -0.1) is 4.99 Å². The topological polar surface area (TPSA) is 104 Å². The molecule has 7 nitrogen and oxygen atoms in total. The van der Waals surface area contributed by atoms with E-state index >= 15 is 0 Å². The first kappa shape index (κ1) is 27.1. The van der Waals surface area contributed by atoms with Crippen LogP contribution >= 0.6 is 0 Å². The Kier molecular flexibility index (Phi) is 10.2. The Labute approximate surface area is 215 Å². The van der Waals surface area contributed by atoms with Crippen LogP contribution in [0, 0.1) is 11.5 Å². The number of nitrogens with zero attached hydrogens (tertiary/aromatic N) is 3. The molecule has 0 radical (unpaired) electrons. The normalized spacial score (nSPS) is 19.8. The van der Waals surface area contributed by atoms with Gasteiger partial charge in [-0.1, -0.05) is 68.7 Å². The first-order valence-corrected chi connectivity index (χ1v) is 13.0. The number of aliphatic imine (C=N–C) groups is 1. The third kappa shape index (κ3) is 6.78. The lowest BCUT2D eigenvalue weighted by Gasteiger charge is -2.44. The minimum Gasteiger partial charge on any atom is -0.496 e. The predicted octanol–water partition coefficient (Wildman–Crippen LogP) is 4.98. The van der Waals surface area contributed by atoms with Crippen LogP contribution in [0.2, 0.25) is 0 Å². The number of amides is 1. The Morgan fingerprint density at radius 3 is 2.50 bits per heavy atom. The Hall–Kier alpha value is -3.53. The molecule has 0 atom stereocenters. The molecule has 0 aromatic heterocycles. The molecule has 0 bridgehead atoms. The Balaban J connectivity index is 1.75. The summed E-state index contributed by atoms with van der Waals surface area (Å²) in [5.41, 5.74) is 7.82. The van der Waals surface area contributed by atoms with Crippen molar-refractivity contribution in [1.82, 2.24) is 10.2 Å². The summed E-state index contributed by atoms with van der Waals surface area (Å²) in [6, 6.07) is 18.0. The van der Waals surface area contributed by atoms with Gasteiger partial charge in [0, 0.05) is 24.5 Å². The number of hydrogen-bond donors (Lipinski definition) is 2. The van der Waals surface area contributed by atoms with Crippen molar-refractivity contribution in [3.05, 3.63) is 65.7 Å². The third-order valence-electron chi connectivity index (χ3n) is 7.39. The second kappa shape index (κ2) is 13.5. The summed E-state index contributed by atoms with van der Waals surface area (Å²) in [4.78, 5) is 19.1. The zero-order valence-electron chi connectivity index (χ0n) is 21.6. The van der Waals surface area contributed by atoms with Gasteiger partial charge in [0.2, 0.25) is 12.2 Å². The van der Waals surface area contributed by atoms with E-state index in [2.05, 4.69) is 46.4 Å². The van der Waals surface area contributed by atoms with Crippen LogP contribution in [0.1, 0.15) is 74.2 Å². The second-order valence-electron chi connectivity index (χ2n) is 9.58. The number of methoxy groups -OCH3 is 1. The highest BCUT2D eigenvalue weighted by atomic mass is 16.5. The summed E-state index contributed by atoms with van der Waals surface area (Å²) in [7, 11) is 1.58. The van der Waals surface area contributed by atoms with E-state index < -0.39 is 0 Å². The molecule has 1 amide bonds. The zero-order valence-corrected chi connectivity index (χ0v) is 21.6. The molecule has 3 N–H and O–H groups in total. The van der Waals surface area contributed by atoms with E-state index in [0.717, 1.165) is 45.1 Å². The van der Waals surface area contributed by atoms with Crippen molar-refractivity contribution in [3.63, 3.8) is 0 Å². The van der Waals surface area contributed by atoms with Crippen molar-refractivity contribution in [3.8, 4) is 11.9 Å². The van der Waals surface area contributed by atoms with Gasteiger partial charge in [0.25, 0.3) is 5.91 Å². The predicted molar refractivity (Wildman–Crippen MR) is 144 cm³/mol. The molecule has 2 aromatic rings. The largest absolute Gasteiger partial charge is 0.496 e. The molecule has 192 valence electrons. The number of hydrogen-bond acceptors (Lipinski definition) is 4. The summed E-state index contributed by atoms with van der Waals surface area (Å²) < 4.78 is 5.39. The maximum absolute atomic E-state index is 13.1. The van der Waals surface area contributed by atoms with Crippen molar-refractivity contribution in [2.75, 3.05) is 20.2 Å². The van der Waals surface area contributed by atoms with E-state index in [4.69, 9.17) is 15.7 Å². The van der Waals surface area contributed by atoms with Gasteiger partial charge in [0.05, 0.1) is 12.7 Å². The van der Waals surface area contributed by atoms with Crippen molar-refractivity contribution in [1.29, 1.82) is 5.26 Å². The fourth-order valence-corrected chi connectivity index (χ4v) is 5.31. The molecule has 0 aliphatic heterocycles. The molecule has 2 aromatic carbocycles. The summed E-state index contributed by atoms with van der Waals surface area (Å²) in [6.07, 6.45) is 10.0. The molecule has 3 rings (SSSR count). The fourth-order valence-electron chi connectivity index (χ4n) is 5.31. The van der Waals surface area contributed by atoms with Crippen LogP contribution in [0.4, 0.5) is 0 Å². The second-order valence-corrected chi connectivity index (χ2v) is 9.58. The average molecular weight is 490 g/mol. The van der Waals surface area contributed by atoms with Crippen LogP contribution < -0.4 is 15.8 Å². The van der Waals surface area contributed by atoms with Crippen molar-refractivity contribution >= 4 is 11.9 Å². The summed E-state index contributed by atoms with van der Waals surface area (Å²) in [5, 5.41) is 12.3. The average Bonchev–Trinajstić information content (AvgIpc) is 2.93. The number of para-hydroxylation sites is 1. The third-order valence-corrected chi connectivity index (χ3v) is 7.39. The summed E-state index contributed by atoms with van der Waals surface area (Å²) in [6.45, 7) is 3.55. The maximum atomic E-state index is 13.1.